The predicted molar refractivity (Wildman–Crippen MR) is 67.5 cm³/mol. The maximum absolute atomic E-state index is 5.41. The number of nitrogens with one attached hydrogen (secondary N) is 1. The van der Waals surface area contributed by atoms with Crippen molar-refractivity contribution in [2.45, 2.75) is 0 Å². The minimum Gasteiger partial charge on any atom is -0.432 e. The molecule has 1 heterocycles. The molecule has 0 aliphatic rings. The summed E-state index contributed by atoms with van der Waals surface area (Å²) in [7, 11) is 0. The first-order chi connectivity index (χ1) is 7.84. The van der Waals surface area contributed by atoms with Crippen LogP contribution >= 0.6 is 12.2 Å². The topological polar surface area (TPSA) is 34.2 Å². The van der Waals surface area contributed by atoms with Crippen LogP contribution in [-0.4, -0.2) is 10.2 Å². The van der Waals surface area contributed by atoms with Crippen LogP contribution in [0.1, 0.15) is 0 Å². The summed E-state index contributed by atoms with van der Waals surface area (Å²) in [5.74, 6) is 0.712. The molecule has 2 rings (SSSR count). The second kappa shape index (κ2) is 5.23. The maximum Gasteiger partial charge on any atom is 0.266 e. The quantitative estimate of drug-likeness (QED) is 0.804. The largest absolute Gasteiger partial charge is 0.432 e. The predicted octanol–water partition coefficient (Wildman–Crippen LogP) is 2.86. The summed E-state index contributed by atoms with van der Waals surface area (Å²) in [5, 5.41) is 3.24. The van der Waals surface area contributed by atoms with Gasteiger partial charge in [-0.1, -0.05) is 18.2 Å². The van der Waals surface area contributed by atoms with Crippen molar-refractivity contribution < 1.29 is 4.74 Å². The van der Waals surface area contributed by atoms with E-state index < -0.39 is 0 Å². The Balaban J connectivity index is 1.95. The molecule has 0 spiro atoms. The Morgan fingerprint density at radius 1 is 1.12 bits per heavy atom. The van der Waals surface area contributed by atoms with Gasteiger partial charge in [0.05, 0.1) is 11.9 Å². The standard InChI is InChI=1S/C12H10N2OS/c16-12(14-10-5-4-8-13-9-10)15-11-6-2-1-3-7-11/h1-9H,(H,14,16). The third-order valence-corrected chi connectivity index (χ3v) is 2.05. The molecule has 1 aromatic carbocycles. The first kappa shape index (κ1) is 10.6. The van der Waals surface area contributed by atoms with Crippen LogP contribution in [0.15, 0.2) is 54.9 Å². The molecule has 16 heavy (non-hydrogen) atoms. The van der Waals surface area contributed by atoms with Crippen molar-refractivity contribution in [1.29, 1.82) is 0 Å². The minimum absolute atomic E-state index is 0.305. The zero-order valence-electron chi connectivity index (χ0n) is 8.46. The van der Waals surface area contributed by atoms with Gasteiger partial charge in [-0.3, -0.25) is 4.98 Å². The lowest BCUT2D eigenvalue weighted by molar-refractivity contribution is 0.563. The van der Waals surface area contributed by atoms with Crippen molar-refractivity contribution in [1.82, 2.24) is 4.98 Å². The van der Waals surface area contributed by atoms with Crippen molar-refractivity contribution in [3.05, 3.63) is 54.9 Å². The van der Waals surface area contributed by atoms with Gasteiger partial charge in [-0.25, -0.2) is 0 Å². The van der Waals surface area contributed by atoms with Crippen molar-refractivity contribution in [2.24, 2.45) is 0 Å². The SMILES string of the molecule is S=C(Nc1cccnc1)Oc1ccccc1. The summed E-state index contributed by atoms with van der Waals surface area (Å²) in [6.45, 7) is 0. The van der Waals surface area contributed by atoms with E-state index in [4.69, 9.17) is 17.0 Å². The second-order valence-corrected chi connectivity index (χ2v) is 3.44. The van der Waals surface area contributed by atoms with E-state index in [0.29, 0.717) is 10.9 Å². The highest BCUT2D eigenvalue weighted by Gasteiger charge is 1.99. The van der Waals surface area contributed by atoms with Gasteiger partial charge in [0.25, 0.3) is 5.17 Å². The molecule has 0 atom stereocenters. The summed E-state index contributed by atoms with van der Waals surface area (Å²) in [6.07, 6.45) is 3.38. The van der Waals surface area contributed by atoms with Gasteiger partial charge in [0.15, 0.2) is 0 Å². The zero-order chi connectivity index (χ0) is 11.2. The van der Waals surface area contributed by atoms with Gasteiger partial charge in [0.1, 0.15) is 5.75 Å². The van der Waals surface area contributed by atoms with Gasteiger partial charge in [0.2, 0.25) is 0 Å². The monoisotopic (exact) mass is 230 g/mol. The third kappa shape index (κ3) is 3.03. The highest BCUT2D eigenvalue weighted by molar-refractivity contribution is 7.80. The highest BCUT2D eigenvalue weighted by atomic mass is 32.1. The van der Waals surface area contributed by atoms with Gasteiger partial charge in [-0.2, -0.15) is 0 Å². The number of benzene rings is 1. The summed E-state index contributed by atoms with van der Waals surface area (Å²) in [4.78, 5) is 3.97. The van der Waals surface area contributed by atoms with Crippen molar-refractivity contribution in [3.8, 4) is 5.75 Å². The molecule has 0 aliphatic heterocycles. The van der Waals surface area contributed by atoms with Crippen LogP contribution in [-0.2, 0) is 0 Å². The van der Waals surface area contributed by atoms with Crippen LogP contribution in [0.3, 0.4) is 0 Å². The van der Waals surface area contributed by atoms with Gasteiger partial charge in [0, 0.05) is 6.20 Å². The van der Waals surface area contributed by atoms with Gasteiger partial charge in [-0.15, -0.1) is 0 Å². The number of pyridine rings is 1. The van der Waals surface area contributed by atoms with E-state index in [9.17, 15) is 0 Å². The Kier molecular flexibility index (Phi) is 3.46. The average molecular weight is 230 g/mol. The lowest BCUT2D eigenvalue weighted by Gasteiger charge is -2.08. The smallest absolute Gasteiger partial charge is 0.266 e. The normalized spacial score (nSPS) is 9.50. The molecule has 0 aliphatic carbocycles. The molecule has 2 aromatic rings. The molecular weight excluding hydrogens is 220 g/mol. The van der Waals surface area contributed by atoms with Crippen LogP contribution in [0.2, 0.25) is 0 Å². The molecule has 0 unspecified atom stereocenters. The van der Waals surface area contributed by atoms with Gasteiger partial charge < -0.3 is 10.1 Å². The lowest BCUT2D eigenvalue weighted by Crippen LogP contribution is -2.16. The molecule has 1 aromatic heterocycles. The van der Waals surface area contributed by atoms with Crippen LogP contribution in [0.5, 0.6) is 5.75 Å². The fraction of sp³-hybridized carbons (Fsp3) is 0. The summed E-state index contributed by atoms with van der Waals surface area (Å²) < 4.78 is 5.41. The molecule has 0 radical (unpaired) electrons. The van der Waals surface area contributed by atoms with E-state index in [2.05, 4.69) is 10.3 Å². The number of rotatable bonds is 2. The first-order valence-electron chi connectivity index (χ1n) is 4.78. The fourth-order valence-electron chi connectivity index (χ4n) is 1.18. The Bertz CT molecular complexity index is 415. The van der Waals surface area contributed by atoms with Gasteiger partial charge in [-0.05, 0) is 36.5 Å². The maximum atomic E-state index is 5.41. The molecule has 0 bridgehead atoms. The minimum atomic E-state index is 0.305. The second-order valence-electron chi connectivity index (χ2n) is 3.07. The number of para-hydroxylation sites is 1. The molecule has 4 heteroatoms. The Labute approximate surface area is 99.1 Å². The molecule has 0 amide bonds. The Hall–Kier alpha value is -1.94. The molecule has 3 nitrogen and oxygen atoms in total. The van der Waals surface area contributed by atoms with Crippen LogP contribution < -0.4 is 10.1 Å². The Morgan fingerprint density at radius 3 is 2.62 bits per heavy atom. The summed E-state index contributed by atoms with van der Waals surface area (Å²) in [5.41, 5.74) is 0.809. The molecule has 0 saturated heterocycles. The van der Waals surface area contributed by atoms with Crippen LogP contribution in [0.25, 0.3) is 0 Å². The fourth-order valence-corrected chi connectivity index (χ4v) is 1.39. The highest BCUT2D eigenvalue weighted by Crippen LogP contribution is 2.10. The molecule has 0 saturated carbocycles. The van der Waals surface area contributed by atoms with Crippen LogP contribution in [0, 0.1) is 0 Å². The number of hydrogen-bond acceptors (Lipinski definition) is 3. The lowest BCUT2D eigenvalue weighted by atomic mass is 10.3. The van der Waals surface area contributed by atoms with Gasteiger partial charge >= 0.3 is 0 Å². The average Bonchev–Trinajstić information content (AvgIpc) is 2.31. The van der Waals surface area contributed by atoms with Crippen molar-refractivity contribution in [2.75, 3.05) is 5.32 Å². The van der Waals surface area contributed by atoms with E-state index in [-0.39, 0.29) is 0 Å². The molecular formula is C12H10N2OS. The van der Waals surface area contributed by atoms with Crippen molar-refractivity contribution in [3.63, 3.8) is 0 Å². The van der Waals surface area contributed by atoms with Crippen molar-refractivity contribution >= 4 is 23.1 Å². The number of thiocarbonyl (C=S) groups is 1. The van der Waals surface area contributed by atoms with E-state index >= 15 is 0 Å². The van der Waals surface area contributed by atoms with E-state index in [1.165, 1.54) is 0 Å². The molecule has 0 fully saturated rings. The molecule has 80 valence electrons. The third-order valence-electron chi connectivity index (χ3n) is 1.86. The Morgan fingerprint density at radius 2 is 1.94 bits per heavy atom. The number of ether oxygens (including phenoxy) is 1. The summed E-state index contributed by atoms with van der Waals surface area (Å²) >= 11 is 5.06. The van der Waals surface area contributed by atoms with E-state index in [0.717, 1.165) is 5.69 Å². The summed E-state index contributed by atoms with van der Waals surface area (Å²) in [6, 6.07) is 13.1. The van der Waals surface area contributed by atoms with E-state index in [1.807, 2.05) is 42.5 Å². The zero-order valence-corrected chi connectivity index (χ0v) is 9.28. The molecule has 1 N–H and O–H groups in total. The van der Waals surface area contributed by atoms with Crippen LogP contribution in [0.4, 0.5) is 5.69 Å². The number of anilines is 1. The number of nitrogens with zero attached hydrogens (tertiary/aromatic N) is 1. The first-order valence-corrected chi connectivity index (χ1v) is 5.19. The number of aromatic nitrogens is 1. The van der Waals surface area contributed by atoms with E-state index in [1.54, 1.807) is 12.4 Å². The number of hydrogen-bond donors (Lipinski definition) is 1.